The Hall–Kier alpha value is -1.55. The van der Waals surface area contributed by atoms with Gasteiger partial charge in [-0.15, -0.1) is 0 Å². The van der Waals surface area contributed by atoms with E-state index in [9.17, 15) is 4.79 Å². The van der Waals surface area contributed by atoms with Crippen LogP contribution in [0.1, 0.15) is 24.8 Å². The van der Waals surface area contributed by atoms with E-state index in [0.29, 0.717) is 19.4 Å². The molecule has 2 rings (SSSR count). The van der Waals surface area contributed by atoms with Crippen molar-refractivity contribution in [1.82, 2.24) is 4.90 Å². The molecule has 0 saturated carbocycles. The number of aryl methyl sites for hydroxylation is 1. The molecular weight excluding hydrogens is 254 g/mol. The van der Waals surface area contributed by atoms with Crippen LogP contribution in [-0.4, -0.2) is 44.2 Å². The second-order valence-electron chi connectivity index (χ2n) is 5.22. The van der Waals surface area contributed by atoms with Crippen molar-refractivity contribution >= 4 is 5.91 Å². The lowest BCUT2D eigenvalue weighted by Crippen LogP contribution is -2.34. The smallest absolute Gasteiger partial charge is 0.222 e. The second-order valence-corrected chi connectivity index (χ2v) is 5.22. The molecule has 1 aromatic carbocycles. The highest BCUT2D eigenvalue weighted by Gasteiger charge is 2.20. The maximum atomic E-state index is 12.1. The molecule has 4 nitrogen and oxygen atoms in total. The van der Waals surface area contributed by atoms with Crippen molar-refractivity contribution in [2.75, 3.05) is 27.3 Å². The van der Waals surface area contributed by atoms with Crippen LogP contribution in [0.15, 0.2) is 24.3 Å². The molecule has 110 valence electrons. The number of rotatable bonds is 6. The lowest BCUT2D eigenvalue weighted by Gasteiger charge is -2.21. The fourth-order valence-corrected chi connectivity index (χ4v) is 2.54. The third-order valence-corrected chi connectivity index (χ3v) is 3.73. The molecule has 0 aliphatic carbocycles. The second kappa shape index (κ2) is 7.29. The lowest BCUT2D eigenvalue weighted by molar-refractivity contribution is -0.131. The number of benzene rings is 1. The first-order valence-corrected chi connectivity index (χ1v) is 7.18. The minimum Gasteiger partial charge on any atom is -0.496 e. The van der Waals surface area contributed by atoms with Crippen molar-refractivity contribution < 1.29 is 14.3 Å². The van der Waals surface area contributed by atoms with Gasteiger partial charge in [-0.25, -0.2) is 0 Å². The van der Waals surface area contributed by atoms with Crippen LogP contribution in [-0.2, 0) is 16.0 Å². The van der Waals surface area contributed by atoms with Gasteiger partial charge >= 0.3 is 0 Å². The van der Waals surface area contributed by atoms with E-state index in [2.05, 4.69) is 0 Å². The Balaban J connectivity index is 1.81. The molecule has 1 heterocycles. The Kier molecular flexibility index (Phi) is 5.41. The van der Waals surface area contributed by atoms with E-state index in [0.717, 1.165) is 30.8 Å². The quantitative estimate of drug-likeness (QED) is 0.800. The molecule has 1 aliphatic heterocycles. The third-order valence-electron chi connectivity index (χ3n) is 3.73. The first kappa shape index (κ1) is 14.9. The number of hydrogen-bond acceptors (Lipinski definition) is 3. The van der Waals surface area contributed by atoms with E-state index in [4.69, 9.17) is 9.47 Å². The average Bonchev–Trinajstić information content (AvgIpc) is 2.97. The van der Waals surface area contributed by atoms with Gasteiger partial charge in [0.1, 0.15) is 5.75 Å². The maximum absolute atomic E-state index is 12.1. The van der Waals surface area contributed by atoms with Crippen LogP contribution in [0.5, 0.6) is 5.75 Å². The van der Waals surface area contributed by atoms with Gasteiger partial charge in [-0.2, -0.15) is 0 Å². The number of ether oxygens (including phenoxy) is 2. The Morgan fingerprint density at radius 1 is 1.45 bits per heavy atom. The van der Waals surface area contributed by atoms with Crippen molar-refractivity contribution in [2.24, 2.45) is 0 Å². The Bertz CT molecular complexity index is 441. The zero-order chi connectivity index (χ0) is 14.4. The molecule has 0 N–H and O–H groups in total. The highest BCUT2D eigenvalue weighted by Crippen LogP contribution is 2.19. The summed E-state index contributed by atoms with van der Waals surface area (Å²) in [6.45, 7) is 1.53. The van der Waals surface area contributed by atoms with Crippen LogP contribution in [0.2, 0.25) is 0 Å². The van der Waals surface area contributed by atoms with Crippen LogP contribution in [0.3, 0.4) is 0 Å². The van der Waals surface area contributed by atoms with Gasteiger partial charge in [0.25, 0.3) is 0 Å². The van der Waals surface area contributed by atoms with Gasteiger partial charge in [0, 0.05) is 26.6 Å². The fourth-order valence-electron chi connectivity index (χ4n) is 2.54. The molecule has 1 unspecified atom stereocenters. The van der Waals surface area contributed by atoms with Crippen molar-refractivity contribution in [3.05, 3.63) is 29.8 Å². The Labute approximate surface area is 120 Å². The molecule has 1 fully saturated rings. The van der Waals surface area contributed by atoms with E-state index in [1.54, 1.807) is 12.0 Å². The van der Waals surface area contributed by atoms with Crippen LogP contribution >= 0.6 is 0 Å². The topological polar surface area (TPSA) is 38.8 Å². The molecule has 1 saturated heterocycles. The van der Waals surface area contributed by atoms with Crippen LogP contribution in [0.25, 0.3) is 0 Å². The van der Waals surface area contributed by atoms with Crippen LogP contribution in [0.4, 0.5) is 0 Å². The summed E-state index contributed by atoms with van der Waals surface area (Å²) in [6.07, 6.45) is 3.59. The molecule has 20 heavy (non-hydrogen) atoms. The minimum atomic E-state index is 0.159. The SMILES string of the molecule is COc1ccccc1CCC(=O)N(C)CC1CCCO1. The molecule has 0 spiro atoms. The predicted octanol–water partition coefficient (Wildman–Crippen LogP) is 2.27. The lowest BCUT2D eigenvalue weighted by atomic mass is 10.1. The number of amides is 1. The van der Waals surface area contributed by atoms with Gasteiger partial charge in [-0.05, 0) is 30.9 Å². The molecular formula is C16H23NO3. The molecule has 1 aromatic rings. The number of para-hydroxylation sites is 1. The van der Waals surface area contributed by atoms with Crippen molar-refractivity contribution in [2.45, 2.75) is 31.8 Å². The maximum Gasteiger partial charge on any atom is 0.222 e. The molecule has 0 bridgehead atoms. The summed E-state index contributed by atoms with van der Waals surface area (Å²) in [5.74, 6) is 1.01. The largest absolute Gasteiger partial charge is 0.496 e. The summed E-state index contributed by atoms with van der Waals surface area (Å²) < 4.78 is 10.9. The number of nitrogens with zero attached hydrogens (tertiary/aromatic N) is 1. The monoisotopic (exact) mass is 277 g/mol. The minimum absolute atomic E-state index is 0.159. The summed E-state index contributed by atoms with van der Waals surface area (Å²) in [4.78, 5) is 13.9. The summed E-state index contributed by atoms with van der Waals surface area (Å²) in [7, 11) is 3.51. The molecule has 4 heteroatoms. The summed E-state index contributed by atoms with van der Waals surface area (Å²) in [5.41, 5.74) is 1.08. The normalized spacial score (nSPS) is 18.0. The predicted molar refractivity (Wildman–Crippen MR) is 77.9 cm³/mol. The van der Waals surface area contributed by atoms with Gasteiger partial charge in [0.2, 0.25) is 5.91 Å². The molecule has 1 atom stereocenters. The molecule has 1 amide bonds. The highest BCUT2D eigenvalue weighted by atomic mass is 16.5. The van der Waals surface area contributed by atoms with E-state index in [-0.39, 0.29) is 12.0 Å². The first-order valence-electron chi connectivity index (χ1n) is 7.18. The molecule has 1 aliphatic rings. The van der Waals surface area contributed by atoms with Crippen molar-refractivity contribution in [1.29, 1.82) is 0 Å². The third kappa shape index (κ3) is 3.97. The number of hydrogen-bond donors (Lipinski definition) is 0. The Morgan fingerprint density at radius 3 is 2.95 bits per heavy atom. The number of carbonyl (C=O) groups excluding carboxylic acids is 1. The highest BCUT2D eigenvalue weighted by molar-refractivity contribution is 5.76. The zero-order valence-corrected chi connectivity index (χ0v) is 12.3. The zero-order valence-electron chi connectivity index (χ0n) is 12.3. The van der Waals surface area contributed by atoms with Gasteiger partial charge in [0.05, 0.1) is 13.2 Å². The molecule has 0 radical (unpaired) electrons. The van der Waals surface area contributed by atoms with E-state index < -0.39 is 0 Å². The van der Waals surface area contributed by atoms with Gasteiger partial charge < -0.3 is 14.4 Å². The standard InChI is InChI=1S/C16H23NO3/c1-17(12-14-7-5-11-20-14)16(18)10-9-13-6-3-4-8-15(13)19-2/h3-4,6,8,14H,5,7,9-12H2,1-2H3. The Morgan fingerprint density at radius 2 is 2.25 bits per heavy atom. The van der Waals surface area contributed by atoms with Gasteiger partial charge in [-0.1, -0.05) is 18.2 Å². The van der Waals surface area contributed by atoms with E-state index in [1.807, 2.05) is 31.3 Å². The average molecular weight is 277 g/mol. The van der Waals surface area contributed by atoms with Gasteiger partial charge in [0.15, 0.2) is 0 Å². The molecule has 0 aromatic heterocycles. The van der Waals surface area contributed by atoms with E-state index >= 15 is 0 Å². The van der Waals surface area contributed by atoms with Crippen molar-refractivity contribution in [3.8, 4) is 5.75 Å². The first-order chi connectivity index (χ1) is 9.70. The number of likely N-dealkylation sites (N-methyl/N-ethyl adjacent to an activating group) is 1. The van der Waals surface area contributed by atoms with Gasteiger partial charge in [-0.3, -0.25) is 4.79 Å². The number of carbonyl (C=O) groups is 1. The van der Waals surface area contributed by atoms with Crippen LogP contribution < -0.4 is 4.74 Å². The summed E-state index contributed by atoms with van der Waals surface area (Å²) >= 11 is 0. The van der Waals surface area contributed by atoms with Crippen LogP contribution in [0, 0.1) is 0 Å². The number of methoxy groups -OCH3 is 1. The summed E-state index contributed by atoms with van der Waals surface area (Å²) in [6, 6.07) is 7.84. The van der Waals surface area contributed by atoms with Crippen molar-refractivity contribution in [3.63, 3.8) is 0 Å². The fraction of sp³-hybridized carbons (Fsp3) is 0.562. The van der Waals surface area contributed by atoms with E-state index in [1.165, 1.54) is 0 Å². The summed E-state index contributed by atoms with van der Waals surface area (Å²) in [5, 5.41) is 0.